The predicted octanol–water partition coefficient (Wildman–Crippen LogP) is 2.69. The van der Waals surface area contributed by atoms with Crippen LogP contribution in [0.25, 0.3) is 0 Å². The van der Waals surface area contributed by atoms with Crippen LogP contribution in [0.5, 0.6) is 0 Å². The minimum atomic E-state index is -0.424. The lowest BCUT2D eigenvalue weighted by molar-refractivity contribution is -0.169. The number of amides is 1. The molecular weight excluding hydrogens is 344 g/mol. The van der Waals surface area contributed by atoms with Crippen molar-refractivity contribution >= 4 is 17.4 Å². The van der Waals surface area contributed by atoms with E-state index in [9.17, 15) is 4.79 Å². The number of carbonyl (C=O) groups is 1. The molecule has 2 aliphatic rings. The van der Waals surface area contributed by atoms with Crippen molar-refractivity contribution < 1.29 is 14.3 Å². The van der Waals surface area contributed by atoms with E-state index in [1.165, 1.54) is 6.33 Å². The van der Waals surface area contributed by atoms with Gasteiger partial charge in [-0.1, -0.05) is 6.07 Å². The van der Waals surface area contributed by atoms with E-state index in [2.05, 4.69) is 26.3 Å². The van der Waals surface area contributed by atoms with Crippen LogP contribution in [0, 0.1) is 13.8 Å². The van der Waals surface area contributed by atoms with Crippen molar-refractivity contribution in [1.29, 1.82) is 0 Å². The topological polar surface area (TPSA) is 76.6 Å². The van der Waals surface area contributed by atoms with Crippen molar-refractivity contribution in [3.05, 3.63) is 47.4 Å². The zero-order chi connectivity index (χ0) is 18.9. The molecule has 0 saturated carbocycles. The molecule has 7 heteroatoms. The summed E-state index contributed by atoms with van der Waals surface area (Å²) in [6.07, 6.45) is 3.03. The largest absolute Gasteiger partial charge is 0.356 e. The lowest BCUT2D eigenvalue weighted by Gasteiger charge is -2.38. The van der Waals surface area contributed by atoms with Gasteiger partial charge < -0.3 is 19.7 Å². The number of benzene rings is 1. The lowest BCUT2D eigenvalue weighted by atomic mass is 10.0. The maximum atomic E-state index is 12.6. The minimum Gasteiger partial charge on any atom is -0.356 e. The zero-order valence-electron chi connectivity index (χ0n) is 15.7. The molecule has 4 rings (SSSR count). The van der Waals surface area contributed by atoms with Gasteiger partial charge in [-0.15, -0.1) is 0 Å². The van der Waals surface area contributed by atoms with E-state index in [1.807, 2.05) is 26.0 Å². The number of nitrogens with one attached hydrogen (secondary N) is 1. The van der Waals surface area contributed by atoms with Gasteiger partial charge in [0.1, 0.15) is 17.8 Å². The van der Waals surface area contributed by atoms with E-state index in [1.54, 1.807) is 6.07 Å². The van der Waals surface area contributed by atoms with Crippen LogP contribution in [0.1, 0.15) is 34.5 Å². The zero-order valence-corrected chi connectivity index (χ0v) is 15.7. The standard InChI is InChI=1S/C20H24N4O3/c1-14-9-15(2)11-16(10-14)23-19(25)17-12-18(22-13-21-17)24-5-3-20(4-6-24)26-7-8-27-20/h9-13H,3-8H2,1-2H3,(H,23,25). The SMILES string of the molecule is Cc1cc(C)cc(NC(=O)c2cc(N3CCC4(CC3)OCCO4)ncn2)c1. The Kier molecular flexibility index (Phi) is 4.80. The highest BCUT2D eigenvalue weighted by Crippen LogP contribution is 2.32. The van der Waals surface area contributed by atoms with Gasteiger partial charge in [0.05, 0.1) is 13.2 Å². The summed E-state index contributed by atoms with van der Waals surface area (Å²) in [7, 11) is 0. The normalized spacial score (nSPS) is 18.7. The van der Waals surface area contributed by atoms with E-state index in [0.717, 1.165) is 48.6 Å². The van der Waals surface area contributed by atoms with E-state index in [4.69, 9.17) is 9.47 Å². The number of aromatic nitrogens is 2. The Morgan fingerprint density at radius 1 is 1.04 bits per heavy atom. The Balaban J connectivity index is 1.45. The summed E-state index contributed by atoms with van der Waals surface area (Å²) >= 11 is 0. The summed E-state index contributed by atoms with van der Waals surface area (Å²) in [6, 6.07) is 7.70. The molecule has 1 aromatic carbocycles. The highest BCUT2D eigenvalue weighted by atomic mass is 16.7. The van der Waals surface area contributed by atoms with Crippen molar-refractivity contribution in [2.75, 3.05) is 36.5 Å². The van der Waals surface area contributed by atoms with E-state index in [-0.39, 0.29) is 5.91 Å². The molecule has 2 aliphatic heterocycles. The number of hydrogen-bond acceptors (Lipinski definition) is 6. The first-order valence-corrected chi connectivity index (χ1v) is 9.28. The third-order valence-electron chi connectivity index (χ3n) is 5.03. The number of aryl methyl sites for hydroxylation is 2. The van der Waals surface area contributed by atoms with Crippen molar-refractivity contribution in [3.8, 4) is 0 Å². The fraction of sp³-hybridized carbons (Fsp3) is 0.450. The molecule has 0 atom stereocenters. The van der Waals surface area contributed by atoms with Gasteiger partial charge in [0.15, 0.2) is 5.79 Å². The number of rotatable bonds is 3. The van der Waals surface area contributed by atoms with Crippen LogP contribution < -0.4 is 10.2 Å². The third-order valence-corrected chi connectivity index (χ3v) is 5.03. The average Bonchev–Trinajstić information content (AvgIpc) is 3.09. The van der Waals surface area contributed by atoms with Gasteiger partial charge in [0, 0.05) is 37.7 Å². The fourth-order valence-corrected chi connectivity index (χ4v) is 3.75. The highest BCUT2D eigenvalue weighted by molar-refractivity contribution is 6.03. The number of anilines is 2. The smallest absolute Gasteiger partial charge is 0.274 e. The number of hydrogen-bond donors (Lipinski definition) is 1. The van der Waals surface area contributed by atoms with Crippen LogP contribution >= 0.6 is 0 Å². The number of carbonyl (C=O) groups excluding carboxylic acids is 1. The summed E-state index contributed by atoms with van der Waals surface area (Å²) in [5.74, 6) is 0.0928. The minimum absolute atomic E-state index is 0.236. The Bertz CT molecular complexity index is 819. The molecule has 0 aliphatic carbocycles. The second kappa shape index (κ2) is 7.25. The fourth-order valence-electron chi connectivity index (χ4n) is 3.75. The first-order chi connectivity index (χ1) is 13.0. The first kappa shape index (κ1) is 17.9. The summed E-state index contributed by atoms with van der Waals surface area (Å²) in [6.45, 7) is 6.88. The van der Waals surface area contributed by atoms with E-state index in [0.29, 0.717) is 18.9 Å². The molecular formula is C20H24N4O3. The lowest BCUT2D eigenvalue weighted by Crippen LogP contribution is -2.45. The molecule has 7 nitrogen and oxygen atoms in total. The summed E-state index contributed by atoms with van der Waals surface area (Å²) in [5, 5.41) is 2.92. The van der Waals surface area contributed by atoms with Crippen LogP contribution in [0.2, 0.25) is 0 Å². The van der Waals surface area contributed by atoms with Gasteiger partial charge in [-0.2, -0.15) is 0 Å². The molecule has 142 valence electrons. The van der Waals surface area contributed by atoms with Crippen molar-refractivity contribution in [1.82, 2.24) is 9.97 Å². The van der Waals surface area contributed by atoms with Gasteiger partial charge in [0.25, 0.3) is 5.91 Å². The molecule has 1 amide bonds. The van der Waals surface area contributed by atoms with Crippen LogP contribution in [0.15, 0.2) is 30.6 Å². The first-order valence-electron chi connectivity index (χ1n) is 9.28. The van der Waals surface area contributed by atoms with Gasteiger partial charge in [-0.05, 0) is 37.1 Å². The van der Waals surface area contributed by atoms with Crippen molar-refractivity contribution in [2.24, 2.45) is 0 Å². The van der Waals surface area contributed by atoms with Gasteiger partial charge in [0.2, 0.25) is 0 Å². The Labute approximate surface area is 158 Å². The van der Waals surface area contributed by atoms with Gasteiger partial charge >= 0.3 is 0 Å². The molecule has 2 aromatic rings. The molecule has 27 heavy (non-hydrogen) atoms. The second-order valence-electron chi connectivity index (χ2n) is 7.19. The van der Waals surface area contributed by atoms with Crippen molar-refractivity contribution in [3.63, 3.8) is 0 Å². The maximum Gasteiger partial charge on any atom is 0.274 e. The van der Waals surface area contributed by atoms with Crippen molar-refractivity contribution in [2.45, 2.75) is 32.5 Å². The molecule has 2 fully saturated rings. The van der Waals surface area contributed by atoms with Gasteiger partial charge in [-0.3, -0.25) is 4.79 Å². The van der Waals surface area contributed by atoms with Gasteiger partial charge in [-0.25, -0.2) is 9.97 Å². The molecule has 0 bridgehead atoms. The number of nitrogens with zero attached hydrogens (tertiary/aromatic N) is 3. The monoisotopic (exact) mass is 368 g/mol. The molecule has 2 saturated heterocycles. The highest BCUT2D eigenvalue weighted by Gasteiger charge is 2.40. The Morgan fingerprint density at radius 3 is 2.37 bits per heavy atom. The third kappa shape index (κ3) is 3.94. The molecule has 0 radical (unpaired) electrons. The summed E-state index contributed by atoms with van der Waals surface area (Å²) in [5.41, 5.74) is 3.33. The Morgan fingerprint density at radius 2 is 1.70 bits per heavy atom. The van der Waals surface area contributed by atoms with Crippen LogP contribution in [-0.4, -0.2) is 48.0 Å². The number of piperidine rings is 1. The Hall–Kier alpha value is -2.51. The average molecular weight is 368 g/mol. The maximum absolute atomic E-state index is 12.6. The predicted molar refractivity (Wildman–Crippen MR) is 102 cm³/mol. The molecule has 3 heterocycles. The van der Waals surface area contributed by atoms with E-state index < -0.39 is 5.79 Å². The van der Waals surface area contributed by atoms with Crippen LogP contribution in [0.4, 0.5) is 11.5 Å². The molecule has 1 aromatic heterocycles. The molecule has 0 unspecified atom stereocenters. The molecule has 1 N–H and O–H groups in total. The number of ether oxygens (including phenoxy) is 2. The molecule has 1 spiro atoms. The quantitative estimate of drug-likeness (QED) is 0.898. The second-order valence-corrected chi connectivity index (χ2v) is 7.19. The summed E-state index contributed by atoms with van der Waals surface area (Å²) < 4.78 is 11.5. The van der Waals surface area contributed by atoms with Crippen LogP contribution in [-0.2, 0) is 9.47 Å². The van der Waals surface area contributed by atoms with E-state index >= 15 is 0 Å². The summed E-state index contributed by atoms with van der Waals surface area (Å²) in [4.78, 5) is 23.3. The van der Waals surface area contributed by atoms with Crippen LogP contribution in [0.3, 0.4) is 0 Å².